The van der Waals surface area contributed by atoms with Gasteiger partial charge in [-0.3, -0.25) is 0 Å². The van der Waals surface area contributed by atoms with Gasteiger partial charge in [0.1, 0.15) is 11.5 Å². The van der Waals surface area contributed by atoms with E-state index in [9.17, 15) is 9.90 Å². The van der Waals surface area contributed by atoms with Crippen molar-refractivity contribution in [1.29, 1.82) is 0 Å². The van der Waals surface area contributed by atoms with E-state index in [1.165, 1.54) is 0 Å². The number of anilines is 1. The number of nitrogens with two attached hydrogens (primary N) is 1. The molecule has 0 heterocycles. The molecule has 0 atom stereocenters. The van der Waals surface area contributed by atoms with Crippen LogP contribution in [-0.2, 0) is 4.79 Å². The number of hydrogen-bond donors (Lipinski definition) is 1. The number of ether oxygens (including phenoxy) is 1. The summed E-state index contributed by atoms with van der Waals surface area (Å²) in [6, 6.07) is 16.1. The van der Waals surface area contributed by atoms with Crippen LogP contribution in [0, 0.1) is 0 Å². The second-order valence-electron chi connectivity index (χ2n) is 3.91. The molecule has 0 fully saturated rings. The highest BCUT2D eigenvalue weighted by Crippen LogP contribution is 2.24. The van der Waals surface area contributed by atoms with Crippen LogP contribution < -0.4 is 20.7 Å². The van der Waals surface area contributed by atoms with Crippen molar-refractivity contribution in [3.8, 4) is 11.5 Å². The van der Waals surface area contributed by atoms with E-state index in [1.807, 2.05) is 30.3 Å². The quantitative estimate of drug-likeness (QED) is 0.636. The Labute approximate surface area is 110 Å². The first kappa shape index (κ1) is 12.9. The molecule has 0 bridgehead atoms. The lowest BCUT2D eigenvalue weighted by atomic mass is 10.3. The van der Waals surface area contributed by atoms with Crippen LogP contribution in [0.2, 0.25) is 0 Å². The van der Waals surface area contributed by atoms with Crippen molar-refractivity contribution >= 4 is 11.7 Å². The standard InChI is InChI=1S/C14H14N2O3/c15-16(10-14(17)18)11-5-4-8-13(9-11)19-12-6-2-1-3-7-12/h1-9H,10,15H2,(H,17,18)/p-1. The van der Waals surface area contributed by atoms with Gasteiger partial charge in [0.05, 0.1) is 18.2 Å². The first-order chi connectivity index (χ1) is 9.15. The molecule has 0 aromatic heterocycles. The topological polar surface area (TPSA) is 78.6 Å². The van der Waals surface area contributed by atoms with Gasteiger partial charge in [-0.1, -0.05) is 24.3 Å². The molecule has 0 unspecified atom stereocenters. The monoisotopic (exact) mass is 257 g/mol. The summed E-state index contributed by atoms with van der Waals surface area (Å²) in [7, 11) is 0. The van der Waals surface area contributed by atoms with Crippen molar-refractivity contribution in [3.05, 3.63) is 54.6 Å². The van der Waals surface area contributed by atoms with Crippen LogP contribution in [-0.4, -0.2) is 12.5 Å². The van der Waals surface area contributed by atoms with Crippen LogP contribution >= 0.6 is 0 Å². The summed E-state index contributed by atoms with van der Waals surface area (Å²) < 4.78 is 5.63. The average molecular weight is 257 g/mol. The van der Waals surface area contributed by atoms with Crippen molar-refractivity contribution in [2.24, 2.45) is 5.84 Å². The molecule has 0 aliphatic heterocycles. The highest BCUT2D eigenvalue weighted by atomic mass is 16.5. The number of carboxylic acids is 1. The maximum Gasteiger partial charge on any atom is 0.129 e. The first-order valence-corrected chi connectivity index (χ1v) is 5.70. The van der Waals surface area contributed by atoms with E-state index in [0.717, 1.165) is 5.01 Å². The third-order valence-corrected chi connectivity index (χ3v) is 2.43. The molecule has 5 nitrogen and oxygen atoms in total. The molecule has 5 heteroatoms. The molecule has 0 saturated carbocycles. The predicted molar refractivity (Wildman–Crippen MR) is 69.5 cm³/mol. The minimum Gasteiger partial charge on any atom is -0.548 e. The van der Waals surface area contributed by atoms with Crippen molar-refractivity contribution in [2.75, 3.05) is 11.6 Å². The Bertz CT molecular complexity index is 558. The Morgan fingerprint density at radius 2 is 1.79 bits per heavy atom. The van der Waals surface area contributed by atoms with Gasteiger partial charge >= 0.3 is 0 Å². The van der Waals surface area contributed by atoms with E-state index in [0.29, 0.717) is 17.2 Å². The van der Waals surface area contributed by atoms with Crippen LogP contribution in [0.3, 0.4) is 0 Å². The zero-order valence-corrected chi connectivity index (χ0v) is 10.2. The first-order valence-electron chi connectivity index (χ1n) is 5.70. The smallest absolute Gasteiger partial charge is 0.129 e. The number of nitrogens with zero attached hydrogens (tertiary/aromatic N) is 1. The van der Waals surface area contributed by atoms with Gasteiger partial charge in [-0.25, -0.2) is 5.84 Å². The molecule has 0 aliphatic rings. The van der Waals surface area contributed by atoms with Crippen molar-refractivity contribution in [1.82, 2.24) is 0 Å². The summed E-state index contributed by atoms with van der Waals surface area (Å²) in [4.78, 5) is 10.5. The second-order valence-corrected chi connectivity index (χ2v) is 3.91. The fourth-order valence-electron chi connectivity index (χ4n) is 1.58. The number of carbonyl (C=O) groups is 1. The third kappa shape index (κ3) is 3.72. The fourth-order valence-corrected chi connectivity index (χ4v) is 1.58. The SMILES string of the molecule is NN(CC(=O)[O-])c1cccc(Oc2ccccc2)c1. The average Bonchev–Trinajstić information content (AvgIpc) is 2.39. The van der Waals surface area contributed by atoms with Crippen LogP contribution in [0.25, 0.3) is 0 Å². The Morgan fingerprint density at radius 1 is 1.11 bits per heavy atom. The number of rotatable bonds is 5. The molecule has 0 radical (unpaired) electrons. The van der Waals surface area contributed by atoms with E-state index in [2.05, 4.69) is 0 Å². The van der Waals surface area contributed by atoms with Crippen LogP contribution in [0.4, 0.5) is 5.69 Å². The van der Waals surface area contributed by atoms with Gasteiger partial charge in [0.2, 0.25) is 0 Å². The molecule has 98 valence electrons. The van der Waals surface area contributed by atoms with Crippen LogP contribution in [0.15, 0.2) is 54.6 Å². The zero-order chi connectivity index (χ0) is 13.7. The number of aliphatic carboxylic acids is 1. The van der Waals surface area contributed by atoms with Gasteiger partial charge in [0, 0.05) is 6.07 Å². The van der Waals surface area contributed by atoms with Gasteiger partial charge in [0.15, 0.2) is 0 Å². The Morgan fingerprint density at radius 3 is 2.47 bits per heavy atom. The van der Waals surface area contributed by atoms with E-state index in [4.69, 9.17) is 10.6 Å². The Kier molecular flexibility index (Phi) is 4.00. The number of hydrogen-bond acceptors (Lipinski definition) is 5. The maximum atomic E-state index is 10.5. The molecular formula is C14H13N2O3-. The minimum absolute atomic E-state index is 0.380. The predicted octanol–water partition coefficient (Wildman–Crippen LogP) is 0.909. The summed E-state index contributed by atoms with van der Waals surface area (Å²) in [5, 5.41) is 11.6. The van der Waals surface area contributed by atoms with Crippen molar-refractivity contribution in [3.63, 3.8) is 0 Å². The van der Waals surface area contributed by atoms with Gasteiger partial charge in [-0.2, -0.15) is 0 Å². The number of hydrazine groups is 1. The molecule has 19 heavy (non-hydrogen) atoms. The number of para-hydroxylation sites is 1. The molecule has 0 amide bonds. The molecule has 2 aromatic rings. The van der Waals surface area contributed by atoms with E-state index < -0.39 is 5.97 Å². The number of benzene rings is 2. The zero-order valence-electron chi connectivity index (χ0n) is 10.2. The number of carboxylic acid groups (broad SMARTS) is 1. The number of carbonyl (C=O) groups excluding carboxylic acids is 1. The van der Waals surface area contributed by atoms with E-state index >= 15 is 0 Å². The van der Waals surface area contributed by atoms with E-state index in [1.54, 1.807) is 24.3 Å². The van der Waals surface area contributed by atoms with Gasteiger partial charge in [0.25, 0.3) is 0 Å². The summed E-state index contributed by atoms with van der Waals surface area (Å²) >= 11 is 0. The van der Waals surface area contributed by atoms with Crippen LogP contribution in [0.5, 0.6) is 11.5 Å². The molecule has 2 rings (SSSR count). The molecule has 0 saturated heterocycles. The van der Waals surface area contributed by atoms with Crippen molar-refractivity contribution < 1.29 is 14.6 Å². The lowest BCUT2D eigenvalue weighted by Crippen LogP contribution is -2.42. The summed E-state index contributed by atoms with van der Waals surface area (Å²) in [6.07, 6.45) is 0. The molecule has 2 aromatic carbocycles. The summed E-state index contributed by atoms with van der Waals surface area (Å²) in [5.74, 6) is 5.65. The Balaban J connectivity index is 2.13. The molecular weight excluding hydrogens is 244 g/mol. The van der Waals surface area contributed by atoms with Crippen LogP contribution in [0.1, 0.15) is 0 Å². The van der Waals surface area contributed by atoms with Crippen molar-refractivity contribution in [2.45, 2.75) is 0 Å². The van der Waals surface area contributed by atoms with Gasteiger partial charge < -0.3 is 19.6 Å². The molecule has 2 N–H and O–H groups in total. The fraction of sp³-hybridized carbons (Fsp3) is 0.0714. The van der Waals surface area contributed by atoms with E-state index in [-0.39, 0.29) is 6.54 Å². The Hall–Kier alpha value is -2.53. The normalized spacial score (nSPS) is 9.95. The summed E-state index contributed by atoms with van der Waals surface area (Å²) in [6.45, 7) is -0.380. The van der Waals surface area contributed by atoms with Gasteiger partial charge in [-0.15, -0.1) is 0 Å². The third-order valence-electron chi connectivity index (χ3n) is 2.43. The second kappa shape index (κ2) is 5.88. The summed E-state index contributed by atoms with van der Waals surface area (Å²) in [5.41, 5.74) is 0.539. The minimum atomic E-state index is -1.24. The lowest BCUT2D eigenvalue weighted by molar-refractivity contribution is -0.303. The highest BCUT2D eigenvalue weighted by molar-refractivity contribution is 5.71. The lowest BCUT2D eigenvalue weighted by Gasteiger charge is -2.19. The largest absolute Gasteiger partial charge is 0.548 e. The molecule has 0 aliphatic carbocycles. The molecule has 0 spiro atoms. The maximum absolute atomic E-state index is 10.5. The van der Waals surface area contributed by atoms with Gasteiger partial charge in [-0.05, 0) is 24.3 Å². The highest BCUT2D eigenvalue weighted by Gasteiger charge is 2.04.